The topological polar surface area (TPSA) is 727 Å². The van der Waals surface area contributed by atoms with Gasteiger partial charge in [-0.1, -0.05) is 64.8 Å². The van der Waals surface area contributed by atoms with Gasteiger partial charge < -0.3 is 102 Å². The van der Waals surface area contributed by atoms with Crippen molar-refractivity contribution >= 4 is 116 Å². The fourth-order valence-electron chi connectivity index (χ4n) is 13.6. The molecule has 2 aliphatic carbocycles. The van der Waals surface area contributed by atoms with Crippen LogP contribution in [0.4, 0.5) is 11.6 Å². The van der Waals surface area contributed by atoms with Crippen molar-refractivity contribution in [1.82, 2.24) is 60.3 Å². The number of aliphatic hydroxyl groups is 4. The van der Waals surface area contributed by atoms with Gasteiger partial charge in [0, 0.05) is 75.5 Å². The average molecular weight is 1820 g/mol. The van der Waals surface area contributed by atoms with Crippen LogP contribution in [0.2, 0.25) is 0 Å². The molecule has 2 saturated heterocycles. The second kappa shape index (κ2) is 40.7. The number of rotatable bonds is 52. The summed E-state index contributed by atoms with van der Waals surface area (Å²) in [5.74, 6) is -3.15. The molecule has 1 aromatic carbocycles. The number of phosphoric ester groups is 6. The summed E-state index contributed by atoms with van der Waals surface area (Å²) in [5.41, 5.74) is 10.7. The first-order chi connectivity index (χ1) is 56.0. The van der Waals surface area contributed by atoms with E-state index >= 15 is 0 Å². The molecule has 4 fully saturated rings. The number of aliphatic hydroxyl groups excluding tert-OH is 4. The molecule has 2 saturated carbocycles. The molecular weight excluding hydrogens is 1720 g/mol. The predicted octanol–water partition coefficient (Wildman–Crippen LogP) is 2.21. The lowest BCUT2D eigenvalue weighted by molar-refractivity contribution is -0.137. The van der Waals surface area contributed by atoms with Crippen molar-refractivity contribution in [2.75, 3.05) is 64.1 Å². The Morgan fingerprint density at radius 3 is 1.24 bits per heavy atom. The Labute approximate surface area is 685 Å². The largest absolute Gasteiger partial charge is 0.481 e. The van der Waals surface area contributed by atoms with Gasteiger partial charge in [-0.25, -0.2) is 57.3 Å². The number of ketones is 2. The lowest BCUT2D eigenvalue weighted by Crippen LogP contribution is -2.46. The van der Waals surface area contributed by atoms with Gasteiger partial charge in [0.2, 0.25) is 23.6 Å². The molecule has 9 rings (SSSR count). The number of benzene rings is 1. The molecule has 14 atom stereocenters. The SMILES string of the molecule is CC(C)(COP(=O)(O)OP(=O)(O)OCC1OC(n2cnc3c(N)ncnc32)C(O)C1OP(=O)(O)O)C(O)C(=O)NCCC(=O)NCCC(=O)CC1(CCCCc2cccc(CCCCC3(CC(=O)CCNC(=O)CCNC(=O)C(O)C(C)(C)COP(=O)(O)OP(=O)(O)OCC4OC(n5cnc6c(N)ncnc65)C(O)C4OP(=O)(O)O)CC3)c2)CC1. The highest BCUT2D eigenvalue weighted by molar-refractivity contribution is 7.61. The van der Waals surface area contributed by atoms with Crippen LogP contribution in [-0.2, 0) is 114 Å². The lowest BCUT2D eigenvalue weighted by Gasteiger charge is -2.30. The Morgan fingerprint density at radius 2 is 0.883 bits per heavy atom. The summed E-state index contributed by atoms with van der Waals surface area (Å²) in [6, 6.07) is 8.45. The highest BCUT2D eigenvalue weighted by Gasteiger charge is 2.53. The van der Waals surface area contributed by atoms with Crippen molar-refractivity contribution in [1.29, 1.82) is 0 Å². The van der Waals surface area contributed by atoms with E-state index in [1.807, 2.05) is 6.07 Å². The van der Waals surface area contributed by atoms with Crippen molar-refractivity contribution in [2.24, 2.45) is 21.7 Å². The Balaban J connectivity index is 0.575. The summed E-state index contributed by atoms with van der Waals surface area (Å²) in [7, 11) is -33.2. The first-order valence-electron chi connectivity index (χ1n) is 37.9. The van der Waals surface area contributed by atoms with Gasteiger partial charge in [0.1, 0.15) is 84.1 Å². The highest BCUT2D eigenvalue weighted by Crippen LogP contribution is 2.63. The number of amides is 4. The maximum Gasteiger partial charge on any atom is 0.481 e. The first-order valence-corrected chi connectivity index (χ1v) is 46.9. The summed E-state index contributed by atoms with van der Waals surface area (Å²) in [4.78, 5) is 180. The minimum absolute atomic E-state index is 0.00244. The minimum Gasteiger partial charge on any atom is -0.386 e. The standard InChI is InChI=1S/C66H102N14O34P6/c1-63(2,33-107-119(101,102)113-117(97,98)105-31-43-51(111-115(91,92)93)49(85)61(109-43)79-37-77-47-55(67)73-35-75-57(47)79)53(87)59(89)71-26-16-45(83)69-24-14-41(81)29-65(20-21-65)18-7-5-10-39-12-9-13-40(28-39)11-6-8-19-66(22-23-66)30-42(82)15-25-70-46(84)17-27-72-60(90)54(88)64(3,4)34-108-120(103,104)114-118(99,100)106-32-44-52(112-116(94,95)96)50(86)62(110-44)80-38-78-48-56(68)74-36-76-58(48)80/h9,12-13,28,35-38,43-44,49-54,61-62,85-88H,5-8,10-11,14-27,29-34H2,1-4H3,(H,69,83)(H,70,84)(H,71,89)(H,72,90)(H,97,98)(H,99,100)(H,101,102)(H,103,104)(H2,67,73,75)(H2,68,74,76)(H2,91,92,93)(H2,94,95,96). The van der Waals surface area contributed by atoms with Gasteiger partial charge in [0.15, 0.2) is 35.4 Å². The molecule has 6 heterocycles. The van der Waals surface area contributed by atoms with E-state index in [4.69, 9.17) is 39.0 Å². The number of nitrogens with two attached hydrogens (primary N) is 2. The van der Waals surface area contributed by atoms with E-state index in [-0.39, 0.29) is 108 Å². The van der Waals surface area contributed by atoms with E-state index in [0.29, 0.717) is 12.8 Å². The van der Waals surface area contributed by atoms with Gasteiger partial charge in [-0.15, -0.1) is 0 Å². The molecule has 4 amide bonds. The van der Waals surface area contributed by atoms with Crippen molar-refractivity contribution in [3.05, 3.63) is 60.7 Å². The molecular formula is C66H102N14O34P6. The van der Waals surface area contributed by atoms with Crippen LogP contribution in [0.25, 0.3) is 22.3 Å². The van der Waals surface area contributed by atoms with Crippen LogP contribution >= 0.6 is 46.9 Å². The van der Waals surface area contributed by atoms with E-state index in [9.17, 15) is 116 Å². The van der Waals surface area contributed by atoms with E-state index in [1.54, 1.807) is 0 Å². The summed E-state index contributed by atoms with van der Waals surface area (Å²) in [5, 5.41) is 53.7. The monoisotopic (exact) mass is 1820 g/mol. The van der Waals surface area contributed by atoms with Gasteiger partial charge >= 0.3 is 46.9 Å². The number of imidazole rings is 2. The number of nitrogen functional groups attached to an aromatic ring is 2. The zero-order chi connectivity index (χ0) is 88.2. The molecule has 54 heteroatoms. The first kappa shape index (κ1) is 97.4. The fraction of sp³-hybridized carbons (Fsp3) is 0.667. The van der Waals surface area contributed by atoms with Crippen LogP contribution < -0.4 is 32.7 Å². The number of hydrogen-bond acceptors (Lipinski definition) is 34. The third kappa shape index (κ3) is 28.9. The van der Waals surface area contributed by atoms with E-state index in [0.717, 1.165) is 111 Å². The van der Waals surface area contributed by atoms with Crippen LogP contribution in [0.5, 0.6) is 0 Å². The zero-order valence-electron chi connectivity index (χ0n) is 65.5. The Kier molecular flexibility index (Phi) is 33.1. The Bertz CT molecular complexity index is 4470. The van der Waals surface area contributed by atoms with Crippen molar-refractivity contribution in [3.63, 3.8) is 0 Å². The van der Waals surface area contributed by atoms with Gasteiger partial charge in [-0.05, 0) is 86.2 Å². The minimum atomic E-state index is -5.64. The number of fused-ring (bicyclic) bond motifs is 2. The fourth-order valence-corrected chi connectivity index (χ4v) is 19.2. The number of carbonyl (C=O) groups excluding carboxylic acids is 6. The molecule has 0 radical (unpaired) electrons. The van der Waals surface area contributed by atoms with Crippen molar-refractivity contribution in [2.45, 2.75) is 205 Å². The second-order valence-electron chi connectivity index (χ2n) is 31.3. The van der Waals surface area contributed by atoms with Gasteiger partial charge in [-0.2, -0.15) is 8.62 Å². The second-order valence-corrected chi connectivity index (χ2v) is 39.8. The molecule has 0 bridgehead atoms. The molecule has 2 aliphatic heterocycles. The third-order valence-electron chi connectivity index (χ3n) is 20.5. The Morgan fingerprint density at radius 1 is 0.525 bits per heavy atom. The van der Waals surface area contributed by atoms with Crippen LogP contribution in [0.1, 0.15) is 154 Å². The van der Waals surface area contributed by atoms with E-state index < -0.39 is 169 Å². The molecule has 4 aromatic heterocycles. The number of aromatic nitrogens is 8. The summed E-state index contributed by atoms with van der Waals surface area (Å²) < 4.78 is 126. The van der Waals surface area contributed by atoms with E-state index in [2.05, 4.69) is 87.0 Å². The summed E-state index contributed by atoms with van der Waals surface area (Å²) in [6.45, 7) is 0.348. The number of phosphoric acid groups is 6. The molecule has 0 spiro atoms. The van der Waals surface area contributed by atoms with Crippen molar-refractivity contribution in [3.8, 4) is 0 Å². The predicted molar refractivity (Wildman–Crippen MR) is 413 cm³/mol. The van der Waals surface area contributed by atoms with Crippen molar-refractivity contribution < 1.29 is 161 Å². The van der Waals surface area contributed by atoms with Gasteiger partial charge in [0.25, 0.3) is 0 Å². The Hall–Kier alpha value is -6.36. The number of anilines is 2. The van der Waals surface area contributed by atoms with Crippen LogP contribution in [-0.4, -0.2) is 235 Å². The number of unbranched alkanes of at least 4 members (excludes halogenated alkanes) is 2. The van der Waals surface area contributed by atoms with Crippen LogP contribution in [0.15, 0.2) is 49.6 Å². The molecule has 670 valence electrons. The molecule has 5 aromatic rings. The smallest absolute Gasteiger partial charge is 0.386 e. The quantitative estimate of drug-likeness (QED) is 0.0196. The van der Waals surface area contributed by atoms with Gasteiger partial charge in [0.05, 0.1) is 39.1 Å². The third-order valence-corrected chi connectivity index (χ3v) is 26.7. The summed E-state index contributed by atoms with van der Waals surface area (Å²) in [6.07, 6.45) is -2.57. The van der Waals surface area contributed by atoms with Crippen LogP contribution in [0.3, 0.4) is 0 Å². The number of aryl methyl sites for hydroxylation is 2. The zero-order valence-corrected chi connectivity index (χ0v) is 70.9. The molecule has 4 aliphatic rings. The number of ether oxygens (including phenoxy) is 2. The van der Waals surface area contributed by atoms with Gasteiger partial charge in [-0.3, -0.25) is 65.0 Å². The maximum atomic E-state index is 13.1. The highest BCUT2D eigenvalue weighted by atomic mass is 31.3. The summed E-state index contributed by atoms with van der Waals surface area (Å²) >= 11 is 0. The lowest BCUT2D eigenvalue weighted by atomic mass is 9.87. The number of Topliss-reactive ketones (excluding diaryl/α,β-unsaturated/α-hetero) is 2. The normalized spacial score (nSPS) is 22.9. The number of nitrogens with zero attached hydrogens (tertiary/aromatic N) is 8. The van der Waals surface area contributed by atoms with Crippen LogP contribution in [0, 0.1) is 21.7 Å². The average Bonchev–Trinajstić information content (AvgIpc) is 1.60. The number of hydrogen-bond donors (Lipinski definition) is 18. The molecule has 48 nitrogen and oxygen atoms in total. The molecule has 20 N–H and O–H groups in total. The van der Waals surface area contributed by atoms with E-state index in [1.165, 1.54) is 38.8 Å². The molecule has 14 unspecified atom stereocenters. The number of carbonyl (C=O) groups is 6. The maximum absolute atomic E-state index is 13.1. The number of nitrogens with one attached hydrogen (secondary N) is 4. The molecule has 120 heavy (non-hydrogen) atoms.